The first-order chi connectivity index (χ1) is 12.6. The summed E-state index contributed by atoms with van der Waals surface area (Å²) in [5.74, 6) is 1.10. The van der Waals surface area contributed by atoms with Crippen molar-refractivity contribution in [1.29, 1.82) is 0 Å². The number of hydrogen-bond donors (Lipinski definition) is 0. The summed E-state index contributed by atoms with van der Waals surface area (Å²) >= 11 is 5.64. The number of amides is 1. The van der Waals surface area contributed by atoms with Crippen molar-refractivity contribution in [3.63, 3.8) is 0 Å². The van der Waals surface area contributed by atoms with Gasteiger partial charge in [-0.2, -0.15) is 0 Å². The summed E-state index contributed by atoms with van der Waals surface area (Å²) in [7, 11) is 1.51. The first kappa shape index (κ1) is 20.4. The second kappa shape index (κ2) is 7.56. The Morgan fingerprint density at radius 2 is 1.89 bits per heavy atom. The minimum absolute atomic E-state index is 0.00448. The molecule has 2 aliphatic rings. The molecule has 0 aliphatic carbocycles. The summed E-state index contributed by atoms with van der Waals surface area (Å²) < 4.78 is 12.1. The van der Waals surface area contributed by atoms with E-state index >= 15 is 0 Å². The van der Waals surface area contributed by atoms with Crippen molar-refractivity contribution < 1.29 is 14.1 Å². The van der Waals surface area contributed by atoms with Crippen molar-refractivity contribution in [3.8, 4) is 0 Å². The zero-order valence-corrected chi connectivity index (χ0v) is 17.5. The molecule has 0 aromatic carbocycles. The minimum Gasteiger partial charge on any atom is -0.399 e. The smallest absolute Gasteiger partial charge is 0.399 e. The van der Waals surface area contributed by atoms with Crippen LogP contribution in [0.4, 0.5) is 5.95 Å². The SMILES string of the molecule is CN(C[C@@H]1CCN(C(=O)CCl)C1)c1ncc(B2OC(C)(C)C(C)(C)O2)cn1. The number of likely N-dealkylation sites (tertiary alicyclic amines) is 1. The second-order valence-corrected chi connectivity index (χ2v) is 8.68. The van der Waals surface area contributed by atoms with Crippen LogP contribution in [0.5, 0.6) is 0 Å². The molecule has 0 bridgehead atoms. The highest BCUT2D eigenvalue weighted by molar-refractivity contribution is 6.61. The maximum atomic E-state index is 11.7. The van der Waals surface area contributed by atoms with Crippen molar-refractivity contribution in [2.45, 2.75) is 45.3 Å². The first-order valence-electron chi connectivity index (χ1n) is 9.35. The van der Waals surface area contributed by atoms with Crippen molar-refractivity contribution in [1.82, 2.24) is 14.9 Å². The highest BCUT2D eigenvalue weighted by Gasteiger charge is 2.52. The highest BCUT2D eigenvalue weighted by atomic mass is 35.5. The van der Waals surface area contributed by atoms with Gasteiger partial charge in [-0.25, -0.2) is 9.97 Å². The third-order valence-electron chi connectivity index (χ3n) is 5.81. The fraction of sp³-hybridized carbons (Fsp3) is 0.722. The molecular formula is C18H28BClN4O3. The molecule has 0 spiro atoms. The molecule has 27 heavy (non-hydrogen) atoms. The van der Waals surface area contributed by atoms with E-state index in [4.69, 9.17) is 20.9 Å². The van der Waals surface area contributed by atoms with Gasteiger partial charge < -0.3 is 19.1 Å². The Morgan fingerprint density at radius 1 is 1.30 bits per heavy atom. The van der Waals surface area contributed by atoms with Crippen LogP contribution in [0.2, 0.25) is 0 Å². The molecule has 7 nitrogen and oxygen atoms in total. The molecule has 1 aromatic heterocycles. The number of halogens is 1. The lowest BCUT2D eigenvalue weighted by Crippen LogP contribution is -2.41. The molecule has 3 heterocycles. The minimum atomic E-state index is -0.459. The number of anilines is 1. The average Bonchev–Trinajstić information content (AvgIpc) is 3.16. The van der Waals surface area contributed by atoms with E-state index in [0.29, 0.717) is 11.9 Å². The van der Waals surface area contributed by atoms with Crippen LogP contribution in [0.25, 0.3) is 0 Å². The quantitative estimate of drug-likeness (QED) is 0.554. The second-order valence-electron chi connectivity index (χ2n) is 8.41. The fourth-order valence-corrected chi connectivity index (χ4v) is 3.56. The van der Waals surface area contributed by atoms with E-state index in [-0.39, 0.29) is 23.0 Å². The Balaban J connectivity index is 1.59. The van der Waals surface area contributed by atoms with E-state index in [1.807, 2.05) is 44.5 Å². The molecule has 148 valence electrons. The van der Waals surface area contributed by atoms with Gasteiger partial charge in [0, 0.05) is 44.5 Å². The number of alkyl halides is 1. The Labute approximate surface area is 166 Å². The molecule has 2 aliphatic heterocycles. The van der Waals surface area contributed by atoms with Gasteiger partial charge in [-0.1, -0.05) is 0 Å². The Morgan fingerprint density at radius 3 is 2.44 bits per heavy atom. The molecule has 3 rings (SSSR count). The monoisotopic (exact) mass is 394 g/mol. The maximum Gasteiger partial charge on any atom is 0.498 e. The first-order valence-corrected chi connectivity index (χ1v) is 9.89. The zero-order valence-electron chi connectivity index (χ0n) is 16.7. The lowest BCUT2D eigenvalue weighted by Gasteiger charge is -2.32. The topological polar surface area (TPSA) is 67.8 Å². The van der Waals surface area contributed by atoms with E-state index < -0.39 is 7.12 Å². The average molecular weight is 395 g/mol. The van der Waals surface area contributed by atoms with Crippen molar-refractivity contribution in [2.75, 3.05) is 37.5 Å². The van der Waals surface area contributed by atoms with Crippen LogP contribution in [0, 0.1) is 5.92 Å². The van der Waals surface area contributed by atoms with E-state index in [2.05, 4.69) is 9.97 Å². The van der Waals surface area contributed by atoms with Crippen LogP contribution in [-0.4, -0.2) is 71.7 Å². The molecule has 0 N–H and O–H groups in total. The third-order valence-corrected chi connectivity index (χ3v) is 6.04. The Kier molecular flexibility index (Phi) is 5.70. The van der Waals surface area contributed by atoms with Gasteiger partial charge in [0.25, 0.3) is 0 Å². The molecule has 9 heteroatoms. The predicted molar refractivity (Wildman–Crippen MR) is 106 cm³/mol. The Hall–Kier alpha value is -1.38. The molecule has 2 fully saturated rings. The van der Waals surface area contributed by atoms with E-state index in [9.17, 15) is 4.79 Å². The molecular weight excluding hydrogens is 366 g/mol. The van der Waals surface area contributed by atoms with Gasteiger partial charge in [-0.3, -0.25) is 4.79 Å². The standard InChI is InChI=1S/C18H28BClN4O3/c1-17(2)18(3,4)27-19(26-17)14-9-21-16(22-10-14)23(5)11-13-6-7-24(12-13)15(25)8-20/h9-10,13H,6-8,11-12H2,1-5H3/t13-/m0/s1. The zero-order chi connectivity index (χ0) is 19.8. The van der Waals surface area contributed by atoms with Crippen molar-refractivity contribution >= 4 is 36.0 Å². The molecule has 0 radical (unpaired) electrons. The van der Waals surface area contributed by atoms with Crippen molar-refractivity contribution in [3.05, 3.63) is 12.4 Å². The van der Waals surface area contributed by atoms with E-state index in [1.165, 1.54) is 0 Å². The van der Waals surface area contributed by atoms with Crippen LogP contribution < -0.4 is 10.4 Å². The number of aromatic nitrogens is 2. The molecule has 0 unspecified atom stereocenters. The molecule has 1 atom stereocenters. The van der Waals surface area contributed by atoms with Crippen LogP contribution >= 0.6 is 11.6 Å². The summed E-state index contributed by atoms with van der Waals surface area (Å²) in [6, 6.07) is 0. The lowest BCUT2D eigenvalue weighted by molar-refractivity contribution is -0.127. The van der Waals surface area contributed by atoms with Crippen LogP contribution in [0.1, 0.15) is 34.1 Å². The molecule has 2 saturated heterocycles. The van der Waals surface area contributed by atoms with Gasteiger partial charge in [0.15, 0.2) is 0 Å². The highest BCUT2D eigenvalue weighted by Crippen LogP contribution is 2.36. The Bertz CT molecular complexity index is 670. The van der Waals surface area contributed by atoms with Gasteiger partial charge in [-0.15, -0.1) is 11.6 Å². The fourth-order valence-electron chi connectivity index (χ4n) is 3.39. The molecule has 1 amide bonds. The van der Waals surface area contributed by atoms with E-state index in [0.717, 1.165) is 31.5 Å². The van der Waals surface area contributed by atoms with E-state index in [1.54, 1.807) is 12.4 Å². The predicted octanol–water partition coefficient (Wildman–Crippen LogP) is 1.30. The summed E-state index contributed by atoms with van der Waals surface area (Å²) in [6.45, 7) is 10.4. The number of carbonyl (C=O) groups is 1. The van der Waals surface area contributed by atoms with Gasteiger partial charge in [0.2, 0.25) is 11.9 Å². The van der Waals surface area contributed by atoms with Gasteiger partial charge in [0.05, 0.1) is 11.2 Å². The van der Waals surface area contributed by atoms with Crippen LogP contribution in [-0.2, 0) is 14.1 Å². The number of hydrogen-bond acceptors (Lipinski definition) is 6. The maximum absolute atomic E-state index is 11.7. The third kappa shape index (κ3) is 4.22. The summed E-state index contributed by atoms with van der Waals surface area (Å²) in [5, 5.41) is 0. The van der Waals surface area contributed by atoms with Gasteiger partial charge >= 0.3 is 7.12 Å². The normalized spacial score (nSPS) is 23.7. The van der Waals surface area contributed by atoms with Gasteiger partial charge in [0.1, 0.15) is 5.88 Å². The lowest BCUT2D eigenvalue weighted by atomic mass is 9.81. The molecule has 1 aromatic rings. The van der Waals surface area contributed by atoms with Crippen LogP contribution in [0.15, 0.2) is 12.4 Å². The van der Waals surface area contributed by atoms with Crippen LogP contribution in [0.3, 0.4) is 0 Å². The largest absolute Gasteiger partial charge is 0.498 e. The van der Waals surface area contributed by atoms with Crippen molar-refractivity contribution in [2.24, 2.45) is 5.92 Å². The summed E-state index contributed by atoms with van der Waals surface area (Å²) in [4.78, 5) is 24.5. The number of rotatable bonds is 5. The number of carbonyl (C=O) groups excluding carboxylic acids is 1. The molecule has 0 saturated carbocycles. The number of nitrogens with zero attached hydrogens (tertiary/aromatic N) is 4. The summed E-state index contributed by atoms with van der Waals surface area (Å²) in [6.07, 6.45) is 4.50. The van der Waals surface area contributed by atoms with Gasteiger partial charge in [-0.05, 0) is 40.0 Å². The summed E-state index contributed by atoms with van der Waals surface area (Å²) in [5.41, 5.74) is 0.0368.